The Morgan fingerprint density at radius 3 is 2.90 bits per heavy atom. The van der Waals surface area contributed by atoms with Crippen LogP contribution in [0.1, 0.15) is 10.4 Å². The first-order valence-corrected chi connectivity index (χ1v) is 6.32. The van der Waals surface area contributed by atoms with Crippen molar-refractivity contribution in [2.75, 3.05) is 20.2 Å². The number of likely N-dealkylation sites (N-methyl/N-ethyl adjacent to an activating group) is 1. The number of hydrogen-bond acceptors (Lipinski definition) is 3. The topological polar surface area (TPSA) is 42.7 Å². The Morgan fingerprint density at radius 2 is 2.25 bits per heavy atom. The molecule has 0 aliphatic heterocycles. The molecule has 1 amide bonds. The molecule has 0 radical (unpaired) electrons. The lowest BCUT2D eigenvalue weighted by Gasteiger charge is -2.16. The zero-order valence-electron chi connectivity index (χ0n) is 10.8. The minimum Gasteiger partial charge on any atom is -0.492 e. The highest BCUT2D eigenvalue weighted by atomic mass is 35.5. The molecule has 0 bridgehead atoms. The van der Waals surface area contributed by atoms with Crippen LogP contribution >= 0.6 is 11.6 Å². The summed E-state index contributed by atoms with van der Waals surface area (Å²) in [7, 11) is 1.63. The van der Waals surface area contributed by atoms with Crippen molar-refractivity contribution in [1.29, 1.82) is 0 Å². The molecule has 0 fully saturated rings. The van der Waals surface area contributed by atoms with Crippen LogP contribution in [0.15, 0.2) is 41.0 Å². The van der Waals surface area contributed by atoms with Gasteiger partial charge in [0.2, 0.25) is 5.22 Å². The zero-order valence-corrected chi connectivity index (χ0v) is 11.6. The van der Waals surface area contributed by atoms with E-state index in [0.29, 0.717) is 17.9 Å². The van der Waals surface area contributed by atoms with E-state index in [1.54, 1.807) is 19.2 Å². The fourth-order valence-electron chi connectivity index (χ4n) is 1.61. The fraction of sp³-hybridized carbons (Fsp3) is 0.214. The molecule has 0 unspecified atom stereocenters. The number of nitrogens with zero attached hydrogens (tertiary/aromatic N) is 1. The van der Waals surface area contributed by atoms with Crippen LogP contribution in [0.4, 0.5) is 4.39 Å². The number of ether oxygens (including phenoxy) is 1. The summed E-state index contributed by atoms with van der Waals surface area (Å²) in [4.78, 5) is 13.4. The second kappa shape index (κ2) is 6.43. The second-order valence-electron chi connectivity index (χ2n) is 4.14. The molecule has 20 heavy (non-hydrogen) atoms. The fourth-order valence-corrected chi connectivity index (χ4v) is 1.81. The summed E-state index contributed by atoms with van der Waals surface area (Å²) in [5, 5.41) is 0.0629. The van der Waals surface area contributed by atoms with Crippen molar-refractivity contribution in [3.8, 4) is 5.75 Å². The Balaban J connectivity index is 1.85. The lowest BCUT2D eigenvalue weighted by Crippen LogP contribution is -2.30. The Bertz CT molecular complexity index is 600. The predicted molar refractivity (Wildman–Crippen MR) is 72.6 cm³/mol. The highest BCUT2D eigenvalue weighted by molar-refractivity contribution is 6.32. The average Bonchev–Trinajstić information content (AvgIpc) is 2.84. The van der Waals surface area contributed by atoms with Crippen LogP contribution in [-0.4, -0.2) is 31.0 Å². The largest absolute Gasteiger partial charge is 0.492 e. The van der Waals surface area contributed by atoms with E-state index in [1.807, 2.05) is 0 Å². The normalized spacial score (nSPS) is 10.3. The van der Waals surface area contributed by atoms with E-state index in [9.17, 15) is 9.18 Å². The predicted octanol–water partition coefficient (Wildman–Crippen LogP) is 3.22. The summed E-state index contributed by atoms with van der Waals surface area (Å²) in [6, 6.07) is 7.34. The highest BCUT2D eigenvalue weighted by Gasteiger charge is 2.17. The molecule has 2 rings (SSSR count). The van der Waals surface area contributed by atoms with Crippen molar-refractivity contribution in [1.82, 2.24) is 4.90 Å². The Kier molecular flexibility index (Phi) is 4.63. The molecule has 0 saturated carbocycles. The number of halogens is 2. The van der Waals surface area contributed by atoms with Crippen LogP contribution in [0.3, 0.4) is 0 Å². The van der Waals surface area contributed by atoms with Crippen molar-refractivity contribution in [2.45, 2.75) is 0 Å². The first-order valence-electron chi connectivity index (χ1n) is 5.95. The molecule has 1 aromatic carbocycles. The molecule has 0 atom stereocenters. The van der Waals surface area contributed by atoms with E-state index in [2.05, 4.69) is 0 Å². The molecule has 4 nitrogen and oxygen atoms in total. The van der Waals surface area contributed by atoms with Gasteiger partial charge < -0.3 is 14.1 Å². The van der Waals surface area contributed by atoms with Gasteiger partial charge in [-0.05, 0) is 29.8 Å². The number of carbonyl (C=O) groups is 1. The second-order valence-corrected chi connectivity index (χ2v) is 4.48. The molecule has 0 aliphatic rings. The highest BCUT2D eigenvalue weighted by Crippen LogP contribution is 2.18. The summed E-state index contributed by atoms with van der Waals surface area (Å²) < 4.78 is 23.2. The molecule has 0 aliphatic carbocycles. The Morgan fingerprint density at radius 1 is 1.45 bits per heavy atom. The van der Waals surface area contributed by atoms with Crippen LogP contribution in [0.2, 0.25) is 5.22 Å². The molecule has 0 N–H and O–H groups in total. The number of hydrogen-bond donors (Lipinski definition) is 0. The number of amides is 1. The summed E-state index contributed by atoms with van der Waals surface area (Å²) in [6.07, 6.45) is 1.35. The first kappa shape index (κ1) is 14.4. The van der Waals surface area contributed by atoms with Gasteiger partial charge in [0.25, 0.3) is 5.91 Å². The van der Waals surface area contributed by atoms with E-state index >= 15 is 0 Å². The van der Waals surface area contributed by atoms with Crippen LogP contribution in [0, 0.1) is 5.82 Å². The molecular formula is C14H13ClFNO3. The monoisotopic (exact) mass is 297 g/mol. The maximum atomic E-state index is 12.9. The molecule has 1 heterocycles. The van der Waals surface area contributed by atoms with Crippen molar-refractivity contribution >= 4 is 17.5 Å². The lowest BCUT2D eigenvalue weighted by molar-refractivity contribution is 0.0773. The molecule has 6 heteroatoms. The molecule has 1 aromatic heterocycles. The average molecular weight is 298 g/mol. The van der Waals surface area contributed by atoms with Crippen molar-refractivity contribution in [3.63, 3.8) is 0 Å². The zero-order chi connectivity index (χ0) is 14.5. The van der Waals surface area contributed by atoms with E-state index in [0.717, 1.165) is 0 Å². The SMILES string of the molecule is CN(CCOc1cccc(F)c1)C(=O)c1ccoc1Cl. The van der Waals surface area contributed by atoms with Crippen molar-refractivity contribution in [3.05, 3.63) is 53.2 Å². The van der Waals surface area contributed by atoms with Gasteiger partial charge >= 0.3 is 0 Å². The van der Waals surface area contributed by atoms with Gasteiger partial charge in [-0.25, -0.2) is 4.39 Å². The Hall–Kier alpha value is -2.01. The first-order chi connectivity index (χ1) is 9.58. The van der Waals surface area contributed by atoms with Crippen molar-refractivity contribution in [2.24, 2.45) is 0 Å². The molecule has 0 saturated heterocycles. The van der Waals surface area contributed by atoms with Gasteiger partial charge in [-0.15, -0.1) is 0 Å². The standard InChI is InChI=1S/C14H13ClFNO3/c1-17(14(18)12-5-7-20-13(12)15)6-8-19-11-4-2-3-10(16)9-11/h2-5,7,9H,6,8H2,1H3. The van der Waals surface area contributed by atoms with Crippen LogP contribution < -0.4 is 4.74 Å². The van der Waals surface area contributed by atoms with Gasteiger partial charge in [0.1, 0.15) is 18.2 Å². The molecule has 2 aromatic rings. The van der Waals surface area contributed by atoms with Crippen LogP contribution in [-0.2, 0) is 0 Å². The van der Waals surface area contributed by atoms with Crippen LogP contribution in [0.5, 0.6) is 5.75 Å². The van der Waals surface area contributed by atoms with E-state index in [-0.39, 0.29) is 23.6 Å². The molecule has 106 valence electrons. The third-order valence-electron chi connectivity index (χ3n) is 2.69. The minimum absolute atomic E-state index is 0.0629. The van der Waals surface area contributed by atoms with Gasteiger partial charge in [-0.3, -0.25) is 4.79 Å². The quantitative estimate of drug-likeness (QED) is 0.851. The number of benzene rings is 1. The summed E-state index contributed by atoms with van der Waals surface area (Å²) in [5.41, 5.74) is 0.305. The van der Waals surface area contributed by atoms with Crippen molar-refractivity contribution < 1.29 is 18.3 Å². The number of carbonyl (C=O) groups excluding carboxylic acids is 1. The van der Waals surface area contributed by atoms with E-state index in [4.69, 9.17) is 20.8 Å². The third kappa shape index (κ3) is 3.51. The molecular weight excluding hydrogens is 285 g/mol. The van der Waals surface area contributed by atoms with Gasteiger partial charge in [0, 0.05) is 13.1 Å². The maximum absolute atomic E-state index is 12.9. The van der Waals surface area contributed by atoms with Crippen LogP contribution in [0.25, 0.3) is 0 Å². The summed E-state index contributed by atoms with van der Waals surface area (Å²) in [6.45, 7) is 0.595. The number of furan rings is 1. The molecule has 0 spiro atoms. The van der Waals surface area contributed by atoms with Gasteiger partial charge in [0.15, 0.2) is 0 Å². The summed E-state index contributed by atoms with van der Waals surface area (Å²) >= 11 is 5.74. The minimum atomic E-state index is -0.364. The maximum Gasteiger partial charge on any atom is 0.258 e. The summed E-state index contributed by atoms with van der Waals surface area (Å²) in [5.74, 6) is -0.198. The van der Waals surface area contributed by atoms with E-state index < -0.39 is 0 Å². The lowest BCUT2D eigenvalue weighted by atomic mass is 10.3. The smallest absolute Gasteiger partial charge is 0.258 e. The third-order valence-corrected chi connectivity index (χ3v) is 2.98. The van der Waals surface area contributed by atoms with Gasteiger partial charge in [-0.1, -0.05) is 6.07 Å². The van der Waals surface area contributed by atoms with Gasteiger partial charge in [0.05, 0.1) is 18.4 Å². The van der Waals surface area contributed by atoms with Gasteiger partial charge in [-0.2, -0.15) is 0 Å². The Labute approximate surface area is 120 Å². The van der Waals surface area contributed by atoms with E-state index in [1.165, 1.54) is 29.4 Å². The number of rotatable bonds is 5.